The highest BCUT2D eigenvalue weighted by Crippen LogP contribution is 2.45. The van der Waals surface area contributed by atoms with Gasteiger partial charge >= 0.3 is 0 Å². The van der Waals surface area contributed by atoms with Gasteiger partial charge in [-0.2, -0.15) is 0 Å². The number of nitrogens with two attached hydrogens (primary N) is 1. The number of aromatic amines is 1. The highest BCUT2D eigenvalue weighted by molar-refractivity contribution is 6.13. The molecule has 1 aliphatic rings. The third-order valence-corrected chi connectivity index (χ3v) is 5.27. The minimum Gasteiger partial charge on any atom is -0.366 e. The molecule has 1 aliphatic heterocycles. The lowest BCUT2D eigenvalue weighted by Gasteiger charge is -2.35. The van der Waals surface area contributed by atoms with Gasteiger partial charge in [-0.3, -0.25) is 14.5 Å². The topological polar surface area (TPSA) is 112 Å². The van der Waals surface area contributed by atoms with E-state index in [9.17, 15) is 14.7 Å². The predicted octanol–water partition coefficient (Wildman–Crippen LogP) is 2.52. The number of carbonyl (C=O) groups is 2. The molecule has 1 aromatic heterocycles. The second-order valence-electron chi connectivity index (χ2n) is 6.91. The van der Waals surface area contributed by atoms with Crippen LogP contribution in [0.15, 0.2) is 73.1 Å². The van der Waals surface area contributed by atoms with Crippen LogP contribution in [0.2, 0.25) is 0 Å². The molecule has 0 spiro atoms. The lowest BCUT2D eigenvalue weighted by Crippen LogP contribution is -2.45. The molecule has 0 saturated carbocycles. The number of fused-ring (bicyclic) bond motifs is 2. The Labute approximate surface area is 165 Å². The first-order chi connectivity index (χ1) is 14.0. The first-order valence-electron chi connectivity index (χ1n) is 9.00. The Morgan fingerprint density at radius 3 is 2.72 bits per heavy atom. The fourth-order valence-electron chi connectivity index (χ4n) is 3.90. The number of carbonyl (C=O) groups excluding carboxylic acids is 2. The Kier molecular flexibility index (Phi) is 3.56. The summed E-state index contributed by atoms with van der Waals surface area (Å²) in [7, 11) is 0. The number of anilines is 1. The first kappa shape index (κ1) is 17.2. The number of H-pyrrole nitrogens is 1. The van der Waals surface area contributed by atoms with Gasteiger partial charge in [0, 0.05) is 27.9 Å². The largest absolute Gasteiger partial charge is 0.366 e. The van der Waals surface area contributed by atoms with Gasteiger partial charge in [0.1, 0.15) is 0 Å². The van der Waals surface area contributed by atoms with Crippen molar-refractivity contribution in [1.82, 2.24) is 9.97 Å². The summed E-state index contributed by atoms with van der Waals surface area (Å²) >= 11 is 0. The van der Waals surface area contributed by atoms with Crippen LogP contribution >= 0.6 is 0 Å². The van der Waals surface area contributed by atoms with E-state index in [2.05, 4.69) is 9.97 Å². The summed E-state index contributed by atoms with van der Waals surface area (Å²) in [6.45, 7) is 0. The van der Waals surface area contributed by atoms with Gasteiger partial charge in [0.15, 0.2) is 5.72 Å². The molecule has 29 heavy (non-hydrogen) atoms. The van der Waals surface area contributed by atoms with Gasteiger partial charge in [-0.25, -0.2) is 4.98 Å². The summed E-state index contributed by atoms with van der Waals surface area (Å²) in [4.78, 5) is 33.5. The molecule has 3 aromatic carbocycles. The molecule has 0 radical (unpaired) electrons. The second-order valence-corrected chi connectivity index (χ2v) is 6.91. The lowest BCUT2D eigenvalue weighted by molar-refractivity contribution is 0.0703. The molecule has 7 nitrogen and oxygen atoms in total. The maximum absolute atomic E-state index is 13.3. The van der Waals surface area contributed by atoms with Crippen LogP contribution in [0.25, 0.3) is 11.0 Å². The zero-order valence-corrected chi connectivity index (χ0v) is 15.2. The minimum absolute atomic E-state index is 0.248. The number of aliphatic hydroxyl groups is 1. The molecule has 5 rings (SSSR count). The smallest absolute Gasteiger partial charge is 0.261 e. The van der Waals surface area contributed by atoms with Crippen molar-refractivity contribution in [1.29, 1.82) is 0 Å². The maximum atomic E-state index is 13.3. The summed E-state index contributed by atoms with van der Waals surface area (Å²) < 4.78 is 0. The third kappa shape index (κ3) is 2.38. The minimum atomic E-state index is -1.76. The van der Waals surface area contributed by atoms with Crippen LogP contribution in [-0.2, 0) is 5.72 Å². The molecule has 0 bridgehead atoms. The number of benzene rings is 3. The standard InChI is InChI=1S/C22H16N4O3/c23-20(27)13-4-3-5-15(10-13)26-21(28)16-6-1-2-7-17(16)22(26,29)14-8-9-18-19(11-14)25-12-24-18/h1-12,29H,(H2,23,27)(H,24,25). The van der Waals surface area contributed by atoms with E-state index < -0.39 is 11.6 Å². The number of rotatable bonds is 3. The summed E-state index contributed by atoms with van der Waals surface area (Å²) in [5.74, 6) is -0.979. The van der Waals surface area contributed by atoms with Crippen molar-refractivity contribution in [3.8, 4) is 0 Å². The zero-order chi connectivity index (χ0) is 20.2. The number of nitrogens with one attached hydrogen (secondary N) is 1. The van der Waals surface area contributed by atoms with Crippen molar-refractivity contribution in [2.45, 2.75) is 5.72 Å². The molecular formula is C22H16N4O3. The molecule has 4 N–H and O–H groups in total. The van der Waals surface area contributed by atoms with Gasteiger partial charge < -0.3 is 15.8 Å². The van der Waals surface area contributed by atoms with E-state index in [-0.39, 0.29) is 11.5 Å². The highest BCUT2D eigenvalue weighted by Gasteiger charge is 2.50. The van der Waals surface area contributed by atoms with E-state index in [0.717, 1.165) is 11.0 Å². The van der Waals surface area contributed by atoms with E-state index in [0.29, 0.717) is 22.4 Å². The Morgan fingerprint density at radius 2 is 1.90 bits per heavy atom. The second kappa shape index (κ2) is 6.02. The Hall–Kier alpha value is -3.97. The number of nitrogens with zero attached hydrogens (tertiary/aromatic N) is 2. The number of hydrogen-bond acceptors (Lipinski definition) is 4. The molecular weight excluding hydrogens is 368 g/mol. The van der Waals surface area contributed by atoms with Crippen LogP contribution in [0.5, 0.6) is 0 Å². The molecule has 2 heterocycles. The summed E-state index contributed by atoms with van der Waals surface area (Å²) in [5, 5.41) is 12.0. The number of aromatic nitrogens is 2. The molecule has 7 heteroatoms. The van der Waals surface area contributed by atoms with E-state index >= 15 is 0 Å². The van der Waals surface area contributed by atoms with Crippen LogP contribution in [0.3, 0.4) is 0 Å². The van der Waals surface area contributed by atoms with Gasteiger partial charge in [-0.15, -0.1) is 0 Å². The van der Waals surface area contributed by atoms with Gasteiger partial charge in [-0.1, -0.05) is 30.3 Å². The van der Waals surface area contributed by atoms with Crippen molar-refractivity contribution in [3.05, 3.63) is 95.3 Å². The van der Waals surface area contributed by atoms with Gasteiger partial charge in [0.2, 0.25) is 5.91 Å². The van der Waals surface area contributed by atoms with Crippen LogP contribution in [0.4, 0.5) is 5.69 Å². The Balaban J connectivity index is 1.78. The Bertz CT molecular complexity index is 1300. The summed E-state index contributed by atoms with van der Waals surface area (Å²) in [6, 6.07) is 18.6. The first-order valence-corrected chi connectivity index (χ1v) is 9.00. The van der Waals surface area contributed by atoms with Crippen molar-refractivity contribution >= 4 is 28.5 Å². The van der Waals surface area contributed by atoms with Crippen molar-refractivity contribution < 1.29 is 14.7 Å². The summed E-state index contributed by atoms with van der Waals surface area (Å²) in [6.07, 6.45) is 1.57. The predicted molar refractivity (Wildman–Crippen MR) is 107 cm³/mol. The molecule has 0 saturated heterocycles. The van der Waals surface area contributed by atoms with Crippen molar-refractivity contribution in [2.75, 3.05) is 4.90 Å². The highest BCUT2D eigenvalue weighted by atomic mass is 16.3. The lowest BCUT2D eigenvalue weighted by atomic mass is 9.93. The van der Waals surface area contributed by atoms with E-state index in [1.807, 2.05) is 0 Å². The zero-order valence-electron chi connectivity index (χ0n) is 15.2. The number of hydrogen-bond donors (Lipinski definition) is 3. The molecule has 2 amide bonds. The van der Waals surface area contributed by atoms with Gasteiger partial charge in [0.05, 0.1) is 17.4 Å². The molecule has 0 fully saturated rings. The molecule has 1 atom stereocenters. The Morgan fingerprint density at radius 1 is 1.07 bits per heavy atom. The van der Waals surface area contributed by atoms with Gasteiger partial charge in [-0.05, 0) is 36.4 Å². The number of primary amides is 1. The van der Waals surface area contributed by atoms with Gasteiger partial charge in [0.25, 0.3) is 5.91 Å². The van der Waals surface area contributed by atoms with Crippen LogP contribution < -0.4 is 10.6 Å². The molecule has 1 unspecified atom stereocenters. The number of amides is 2. The van der Waals surface area contributed by atoms with E-state index in [4.69, 9.17) is 5.73 Å². The molecule has 4 aromatic rings. The fraction of sp³-hybridized carbons (Fsp3) is 0.0455. The summed E-state index contributed by atoms with van der Waals surface area (Å²) in [5.41, 5.74) is 7.11. The SMILES string of the molecule is NC(=O)c1cccc(N2C(=O)c3ccccc3C2(O)c2ccc3nc[nH]c3c2)c1. The molecule has 0 aliphatic carbocycles. The van der Waals surface area contributed by atoms with E-state index in [1.165, 1.54) is 11.0 Å². The van der Waals surface area contributed by atoms with E-state index in [1.54, 1.807) is 67.0 Å². The maximum Gasteiger partial charge on any atom is 0.261 e. The van der Waals surface area contributed by atoms with Crippen LogP contribution in [0, 0.1) is 0 Å². The van der Waals surface area contributed by atoms with Crippen LogP contribution in [0.1, 0.15) is 31.8 Å². The average molecular weight is 384 g/mol. The molecule has 142 valence electrons. The number of imidazole rings is 1. The monoisotopic (exact) mass is 384 g/mol. The van der Waals surface area contributed by atoms with Crippen molar-refractivity contribution in [2.24, 2.45) is 5.73 Å². The van der Waals surface area contributed by atoms with Crippen molar-refractivity contribution in [3.63, 3.8) is 0 Å². The normalized spacial score (nSPS) is 18.2. The third-order valence-electron chi connectivity index (χ3n) is 5.27. The quantitative estimate of drug-likeness (QED) is 0.504. The average Bonchev–Trinajstić information content (AvgIpc) is 3.29. The van der Waals surface area contributed by atoms with Crippen LogP contribution in [-0.4, -0.2) is 26.9 Å². The fourth-order valence-corrected chi connectivity index (χ4v) is 3.90.